The number of nitrogens with one attached hydrogen (secondary N) is 1. The summed E-state index contributed by atoms with van der Waals surface area (Å²) >= 11 is 6.12. The number of hydrogen-bond donors (Lipinski definition) is 1. The fourth-order valence-corrected chi connectivity index (χ4v) is 2.62. The Morgan fingerprint density at radius 2 is 2.20 bits per heavy atom. The third-order valence-electron chi connectivity index (χ3n) is 3.47. The zero-order chi connectivity index (χ0) is 14.1. The largest absolute Gasteiger partial charge is 0.373 e. The Morgan fingerprint density at radius 3 is 3.00 bits per heavy atom. The van der Waals surface area contributed by atoms with Crippen molar-refractivity contribution in [3.05, 3.63) is 52.7 Å². The molecule has 0 fully saturated rings. The number of carbonyl (C=O) groups excluding carboxylic acids is 1. The number of fused-ring (bicyclic) bond motifs is 1. The van der Waals surface area contributed by atoms with E-state index in [-0.39, 0.29) is 5.91 Å². The van der Waals surface area contributed by atoms with E-state index in [1.807, 2.05) is 18.2 Å². The van der Waals surface area contributed by atoms with Gasteiger partial charge in [-0.05, 0) is 24.1 Å². The molecule has 0 aliphatic carbocycles. The van der Waals surface area contributed by atoms with Crippen LogP contribution in [-0.4, -0.2) is 24.5 Å². The van der Waals surface area contributed by atoms with Crippen LogP contribution in [0.1, 0.15) is 15.9 Å². The summed E-state index contributed by atoms with van der Waals surface area (Å²) in [4.78, 5) is 18.6. The summed E-state index contributed by atoms with van der Waals surface area (Å²) in [5.74, 6) is 0.545. The molecule has 0 unspecified atom stereocenters. The van der Waals surface area contributed by atoms with Gasteiger partial charge in [0.2, 0.25) is 0 Å². The highest BCUT2D eigenvalue weighted by atomic mass is 35.5. The Balaban J connectivity index is 1.98. The van der Waals surface area contributed by atoms with E-state index in [1.54, 1.807) is 18.0 Å². The fraction of sp³-hybridized carbons (Fsp3) is 0.200. The predicted molar refractivity (Wildman–Crippen MR) is 80.6 cm³/mol. The minimum Gasteiger partial charge on any atom is -0.373 e. The molecule has 1 amide bonds. The number of para-hydroxylation sites is 1. The molecule has 1 N–H and O–H groups in total. The quantitative estimate of drug-likeness (QED) is 0.923. The maximum Gasteiger partial charge on any atom is 0.259 e. The van der Waals surface area contributed by atoms with Gasteiger partial charge in [-0.1, -0.05) is 29.8 Å². The molecule has 1 aliphatic heterocycles. The molecule has 0 atom stereocenters. The first kappa shape index (κ1) is 12.9. The summed E-state index contributed by atoms with van der Waals surface area (Å²) in [5, 5.41) is 3.29. The zero-order valence-electron chi connectivity index (χ0n) is 11.1. The molecule has 2 aromatic rings. The molecule has 1 aromatic heterocycles. The molecule has 20 heavy (non-hydrogen) atoms. The minimum absolute atomic E-state index is 0.0844. The van der Waals surface area contributed by atoms with E-state index in [0.29, 0.717) is 22.9 Å². The molecule has 102 valence electrons. The highest BCUT2D eigenvalue weighted by Crippen LogP contribution is 2.30. The van der Waals surface area contributed by atoms with Crippen LogP contribution in [0.15, 0.2) is 36.5 Å². The molecule has 0 bridgehead atoms. The molecule has 1 aromatic carbocycles. The first-order valence-electron chi connectivity index (χ1n) is 6.44. The van der Waals surface area contributed by atoms with Gasteiger partial charge in [0.25, 0.3) is 5.91 Å². The summed E-state index contributed by atoms with van der Waals surface area (Å²) in [6.45, 7) is 0.686. The first-order valence-corrected chi connectivity index (χ1v) is 6.81. The number of hydrogen-bond acceptors (Lipinski definition) is 3. The smallest absolute Gasteiger partial charge is 0.259 e. The van der Waals surface area contributed by atoms with E-state index >= 15 is 0 Å². The molecule has 0 spiro atoms. The molecule has 5 heteroatoms. The number of amides is 1. The van der Waals surface area contributed by atoms with Crippen LogP contribution in [0.2, 0.25) is 5.02 Å². The predicted octanol–water partition coefficient (Wildman–Crippen LogP) is 2.98. The molecular formula is C15H14ClN3O. The topological polar surface area (TPSA) is 45.2 Å². The third kappa shape index (κ3) is 2.12. The lowest BCUT2D eigenvalue weighted by Crippen LogP contribution is -2.29. The van der Waals surface area contributed by atoms with Crippen LogP contribution in [0.3, 0.4) is 0 Å². The van der Waals surface area contributed by atoms with E-state index in [1.165, 1.54) is 11.8 Å². The van der Waals surface area contributed by atoms with Gasteiger partial charge in [-0.25, -0.2) is 4.98 Å². The van der Waals surface area contributed by atoms with E-state index < -0.39 is 0 Å². The second kappa shape index (κ2) is 5.13. The van der Waals surface area contributed by atoms with Crippen LogP contribution < -0.4 is 10.2 Å². The molecule has 4 nitrogen and oxygen atoms in total. The Morgan fingerprint density at radius 1 is 1.40 bits per heavy atom. The maximum absolute atomic E-state index is 12.7. The molecule has 0 radical (unpaired) electrons. The van der Waals surface area contributed by atoms with Crippen molar-refractivity contribution in [3.63, 3.8) is 0 Å². The fourth-order valence-electron chi connectivity index (χ4n) is 2.43. The SMILES string of the molecule is CNc1cc(C(=O)N2CCc3ccccc32)c(Cl)cn1. The third-order valence-corrected chi connectivity index (χ3v) is 3.78. The van der Waals surface area contributed by atoms with Gasteiger partial charge in [-0.2, -0.15) is 0 Å². The van der Waals surface area contributed by atoms with Gasteiger partial charge in [0.1, 0.15) is 5.82 Å². The second-order valence-electron chi connectivity index (χ2n) is 4.63. The number of pyridine rings is 1. The lowest BCUT2D eigenvalue weighted by molar-refractivity contribution is 0.0989. The molecule has 0 saturated heterocycles. The van der Waals surface area contributed by atoms with Crippen molar-refractivity contribution < 1.29 is 4.79 Å². The normalized spacial score (nSPS) is 13.2. The number of anilines is 2. The summed E-state index contributed by atoms with van der Waals surface area (Å²) in [6.07, 6.45) is 2.38. The number of halogens is 1. The highest BCUT2D eigenvalue weighted by molar-refractivity contribution is 6.34. The Bertz CT molecular complexity index is 672. The van der Waals surface area contributed by atoms with Crippen LogP contribution in [-0.2, 0) is 6.42 Å². The van der Waals surface area contributed by atoms with E-state index in [2.05, 4.69) is 16.4 Å². The second-order valence-corrected chi connectivity index (χ2v) is 5.04. The van der Waals surface area contributed by atoms with Crippen molar-refractivity contribution in [2.75, 3.05) is 23.8 Å². The minimum atomic E-state index is -0.0844. The zero-order valence-corrected chi connectivity index (χ0v) is 11.8. The summed E-state index contributed by atoms with van der Waals surface area (Å²) in [5.41, 5.74) is 2.64. The van der Waals surface area contributed by atoms with E-state index in [0.717, 1.165) is 12.1 Å². The van der Waals surface area contributed by atoms with Crippen LogP contribution in [0.4, 0.5) is 11.5 Å². The molecule has 2 heterocycles. The first-order chi connectivity index (χ1) is 9.70. The van der Waals surface area contributed by atoms with Gasteiger partial charge in [0.05, 0.1) is 10.6 Å². The van der Waals surface area contributed by atoms with Crippen molar-refractivity contribution in [1.29, 1.82) is 0 Å². The molecular weight excluding hydrogens is 274 g/mol. The van der Waals surface area contributed by atoms with Crippen LogP contribution >= 0.6 is 11.6 Å². The Hall–Kier alpha value is -2.07. The lowest BCUT2D eigenvalue weighted by Gasteiger charge is -2.18. The van der Waals surface area contributed by atoms with Crippen molar-refractivity contribution in [2.45, 2.75) is 6.42 Å². The Labute approximate surface area is 122 Å². The van der Waals surface area contributed by atoms with Gasteiger partial charge in [0.15, 0.2) is 0 Å². The number of rotatable bonds is 2. The Kier molecular flexibility index (Phi) is 3.32. The molecule has 1 aliphatic rings. The van der Waals surface area contributed by atoms with Gasteiger partial charge in [-0.15, -0.1) is 0 Å². The number of carbonyl (C=O) groups is 1. The average Bonchev–Trinajstić information content (AvgIpc) is 2.91. The van der Waals surface area contributed by atoms with Gasteiger partial charge < -0.3 is 10.2 Å². The maximum atomic E-state index is 12.7. The average molecular weight is 288 g/mol. The monoisotopic (exact) mass is 287 g/mol. The van der Waals surface area contributed by atoms with Crippen LogP contribution in [0, 0.1) is 0 Å². The lowest BCUT2D eigenvalue weighted by atomic mass is 10.1. The van der Waals surface area contributed by atoms with Crippen molar-refractivity contribution in [2.24, 2.45) is 0 Å². The number of benzene rings is 1. The van der Waals surface area contributed by atoms with Crippen molar-refractivity contribution in [1.82, 2.24) is 4.98 Å². The van der Waals surface area contributed by atoms with E-state index in [4.69, 9.17) is 11.6 Å². The standard InChI is InChI=1S/C15H14ClN3O/c1-17-14-8-11(12(16)9-18-14)15(20)19-7-6-10-4-2-3-5-13(10)19/h2-5,8-9H,6-7H2,1H3,(H,17,18). The highest BCUT2D eigenvalue weighted by Gasteiger charge is 2.26. The van der Waals surface area contributed by atoms with E-state index in [9.17, 15) is 4.79 Å². The van der Waals surface area contributed by atoms with Gasteiger partial charge >= 0.3 is 0 Å². The number of aromatic nitrogens is 1. The van der Waals surface area contributed by atoms with Crippen LogP contribution in [0.5, 0.6) is 0 Å². The number of nitrogens with zero attached hydrogens (tertiary/aromatic N) is 2. The van der Waals surface area contributed by atoms with Crippen LogP contribution in [0.25, 0.3) is 0 Å². The summed E-state index contributed by atoms with van der Waals surface area (Å²) < 4.78 is 0. The van der Waals surface area contributed by atoms with Gasteiger partial charge in [-0.3, -0.25) is 4.79 Å². The summed E-state index contributed by atoms with van der Waals surface area (Å²) in [6, 6.07) is 9.64. The van der Waals surface area contributed by atoms with Crippen molar-refractivity contribution >= 4 is 29.0 Å². The van der Waals surface area contributed by atoms with Crippen molar-refractivity contribution in [3.8, 4) is 0 Å². The molecule has 3 rings (SSSR count). The molecule has 0 saturated carbocycles. The van der Waals surface area contributed by atoms with Gasteiger partial charge in [0, 0.05) is 25.5 Å². The summed E-state index contributed by atoms with van der Waals surface area (Å²) in [7, 11) is 1.76.